The second kappa shape index (κ2) is 7.48. The van der Waals surface area contributed by atoms with Crippen LogP contribution in [0.4, 0.5) is 0 Å². The lowest BCUT2D eigenvalue weighted by atomic mass is 9.54. The molecule has 0 spiro atoms. The molecule has 0 unspecified atom stereocenters. The first kappa shape index (κ1) is 17.6. The van der Waals surface area contributed by atoms with Gasteiger partial charge in [0.1, 0.15) is 12.4 Å². The van der Waals surface area contributed by atoms with Crippen molar-refractivity contribution in [2.45, 2.75) is 51.3 Å². The SMILES string of the molecule is Clc1ccc(OCc2ccccc2)c(CNC2C3CC4CC(C3)CC2C4)c1. The van der Waals surface area contributed by atoms with Crippen LogP contribution in [0.15, 0.2) is 48.5 Å². The van der Waals surface area contributed by atoms with Crippen molar-refractivity contribution in [1.82, 2.24) is 5.32 Å². The Bertz CT molecular complexity index is 762. The highest BCUT2D eigenvalue weighted by molar-refractivity contribution is 6.30. The molecular formula is C24H28ClNO. The highest BCUT2D eigenvalue weighted by Gasteiger charge is 2.47. The van der Waals surface area contributed by atoms with Crippen LogP contribution >= 0.6 is 11.6 Å². The molecule has 0 aromatic heterocycles. The van der Waals surface area contributed by atoms with Gasteiger partial charge in [-0.25, -0.2) is 0 Å². The summed E-state index contributed by atoms with van der Waals surface area (Å²) in [6, 6.07) is 17.0. The molecule has 2 aromatic carbocycles. The van der Waals surface area contributed by atoms with Crippen molar-refractivity contribution < 1.29 is 4.74 Å². The molecule has 1 N–H and O–H groups in total. The fraction of sp³-hybridized carbons (Fsp3) is 0.500. The predicted octanol–water partition coefficient (Wildman–Crippen LogP) is 5.83. The summed E-state index contributed by atoms with van der Waals surface area (Å²) < 4.78 is 6.14. The molecule has 0 heterocycles. The number of halogens is 1. The number of benzene rings is 2. The highest BCUT2D eigenvalue weighted by atomic mass is 35.5. The predicted molar refractivity (Wildman–Crippen MR) is 110 cm³/mol. The van der Waals surface area contributed by atoms with Gasteiger partial charge in [-0.3, -0.25) is 0 Å². The lowest BCUT2D eigenvalue weighted by Crippen LogP contribution is -2.54. The van der Waals surface area contributed by atoms with Crippen LogP contribution in [0, 0.1) is 23.7 Å². The summed E-state index contributed by atoms with van der Waals surface area (Å²) in [5.74, 6) is 4.74. The molecule has 4 bridgehead atoms. The Kier molecular flexibility index (Phi) is 4.87. The smallest absolute Gasteiger partial charge is 0.124 e. The minimum absolute atomic E-state index is 0.591. The monoisotopic (exact) mass is 381 g/mol. The van der Waals surface area contributed by atoms with Crippen molar-refractivity contribution in [2.24, 2.45) is 23.7 Å². The maximum absolute atomic E-state index is 6.29. The molecule has 2 aromatic rings. The van der Waals surface area contributed by atoms with E-state index in [1.54, 1.807) is 0 Å². The molecule has 3 heteroatoms. The maximum atomic E-state index is 6.29. The average molecular weight is 382 g/mol. The molecule has 4 aliphatic rings. The minimum Gasteiger partial charge on any atom is -0.489 e. The number of nitrogens with one attached hydrogen (secondary N) is 1. The first-order valence-corrected chi connectivity index (χ1v) is 10.8. The van der Waals surface area contributed by atoms with Crippen LogP contribution in [-0.4, -0.2) is 6.04 Å². The number of rotatable bonds is 6. The first-order chi connectivity index (χ1) is 13.2. The van der Waals surface area contributed by atoms with Gasteiger partial charge in [0.25, 0.3) is 0 Å². The van der Waals surface area contributed by atoms with Crippen LogP contribution in [0.2, 0.25) is 5.02 Å². The second-order valence-electron chi connectivity index (χ2n) is 8.86. The van der Waals surface area contributed by atoms with Crippen LogP contribution in [-0.2, 0) is 13.2 Å². The van der Waals surface area contributed by atoms with Crippen molar-refractivity contribution >= 4 is 11.6 Å². The molecule has 4 fully saturated rings. The lowest BCUT2D eigenvalue weighted by Gasteiger charge is -2.54. The molecule has 2 nitrogen and oxygen atoms in total. The fourth-order valence-electron chi connectivity index (χ4n) is 6.05. The number of ether oxygens (including phenoxy) is 1. The van der Waals surface area contributed by atoms with Crippen LogP contribution in [0.1, 0.15) is 43.2 Å². The summed E-state index contributed by atoms with van der Waals surface area (Å²) in [5.41, 5.74) is 2.36. The van der Waals surface area contributed by atoms with E-state index < -0.39 is 0 Å². The molecule has 4 aliphatic carbocycles. The van der Waals surface area contributed by atoms with E-state index in [9.17, 15) is 0 Å². The zero-order chi connectivity index (χ0) is 18.2. The molecule has 27 heavy (non-hydrogen) atoms. The number of hydrogen-bond donors (Lipinski definition) is 1. The molecule has 6 rings (SSSR count). The zero-order valence-electron chi connectivity index (χ0n) is 15.7. The van der Waals surface area contributed by atoms with Crippen molar-refractivity contribution in [2.75, 3.05) is 0 Å². The Morgan fingerprint density at radius 3 is 2.30 bits per heavy atom. The van der Waals surface area contributed by atoms with Crippen molar-refractivity contribution in [3.63, 3.8) is 0 Å². The van der Waals surface area contributed by atoms with Crippen LogP contribution in [0.25, 0.3) is 0 Å². The van der Waals surface area contributed by atoms with Gasteiger partial charge < -0.3 is 10.1 Å². The van der Waals surface area contributed by atoms with Gasteiger partial charge >= 0.3 is 0 Å². The minimum atomic E-state index is 0.591. The van der Waals surface area contributed by atoms with E-state index in [-0.39, 0.29) is 0 Å². The quantitative estimate of drug-likeness (QED) is 0.679. The van der Waals surface area contributed by atoms with Gasteiger partial charge in [-0.15, -0.1) is 0 Å². The van der Waals surface area contributed by atoms with Crippen LogP contribution < -0.4 is 10.1 Å². The largest absolute Gasteiger partial charge is 0.489 e. The Morgan fingerprint density at radius 2 is 1.59 bits per heavy atom. The Balaban J connectivity index is 1.26. The van der Waals surface area contributed by atoms with Gasteiger partial charge in [-0.1, -0.05) is 41.9 Å². The Labute approximate surface area is 167 Å². The highest BCUT2D eigenvalue weighted by Crippen LogP contribution is 2.53. The van der Waals surface area contributed by atoms with Gasteiger partial charge in [0.15, 0.2) is 0 Å². The Hall–Kier alpha value is -1.51. The van der Waals surface area contributed by atoms with E-state index in [2.05, 4.69) is 35.6 Å². The molecule has 0 amide bonds. The van der Waals surface area contributed by atoms with Crippen LogP contribution in [0.3, 0.4) is 0 Å². The van der Waals surface area contributed by atoms with E-state index in [4.69, 9.17) is 16.3 Å². The van der Waals surface area contributed by atoms with E-state index in [0.717, 1.165) is 41.0 Å². The molecule has 142 valence electrons. The van der Waals surface area contributed by atoms with Crippen molar-refractivity contribution in [1.29, 1.82) is 0 Å². The van der Waals surface area contributed by atoms with Gasteiger partial charge in [-0.05, 0) is 79.5 Å². The first-order valence-electron chi connectivity index (χ1n) is 10.4. The Morgan fingerprint density at radius 1 is 0.889 bits per heavy atom. The van der Waals surface area contributed by atoms with Gasteiger partial charge in [-0.2, -0.15) is 0 Å². The molecule has 0 atom stereocenters. The third kappa shape index (κ3) is 3.75. The lowest BCUT2D eigenvalue weighted by molar-refractivity contribution is -0.0143. The van der Waals surface area contributed by atoms with E-state index in [0.29, 0.717) is 12.6 Å². The third-order valence-electron chi connectivity index (χ3n) is 7.01. The van der Waals surface area contributed by atoms with Gasteiger partial charge in [0, 0.05) is 23.2 Å². The van der Waals surface area contributed by atoms with Gasteiger partial charge in [0.2, 0.25) is 0 Å². The van der Waals surface area contributed by atoms with Crippen molar-refractivity contribution in [3.8, 4) is 5.75 Å². The molecule has 0 saturated heterocycles. The normalized spacial score (nSPS) is 31.2. The van der Waals surface area contributed by atoms with Crippen LogP contribution in [0.5, 0.6) is 5.75 Å². The number of hydrogen-bond acceptors (Lipinski definition) is 2. The third-order valence-corrected chi connectivity index (χ3v) is 7.25. The van der Waals surface area contributed by atoms with Gasteiger partial charge in [0.05, 0.1) is 0 Å². The molecule has 4 saturated carbocycles. The second-order valence-corrected chi connectivity index (χ2v) is 9.30. The summed E-state index contributed by atoms with van der Waals surface area (Å²) in [4.78, 5) is 0. The maximum Gasteiger partial charge on any atom is 0.124 e. The molecule has 0 radical (unpaired) electrons. The average Bonchev–Trinajstić information content (AvgIpc) is 2.67. The molecule has 0 aliphatic heterocycles. The summed E-state index contributed by atoms with van der Waals surface area (Å²) in [7, 11) is 0. The summed E-state index contributed by atoms with van der Waals surface area (Å²) in [6.07, 6.45) is 7.27. The fourth-order valence-corrected chi connectivity index (χ4v) is 6.24. The summed E-state index contributed by atoms with van der Waals surface area (Å²) >= 11 is 6.29. The van der Waals surface area contributed by atoms with Crippen molar-refractivity contribution in [3.05, 3.63) is 64.7 Å². The summed E-state index contributed by atoms with van der Waals surface area (Å²) in [5, 5.41) is 4.69. The van der Waals surface area contributed by atoms with E-state index in [1.165, 1.54) is 43.2 Å². The zero-order valence-corrected chi connectivity index (χ0v) is 16.5. The van der Waals surface area contributed by atoms with E-state index >= 15 is 0 Å². The summed E-state index contributed by atoms with van der Waals surface area (Å²) in [6.45, 7) is 1.44. The standard InChI is InChI=1S/C24H28ClNO/c25-22-6-7-23(27-15-16-4-2-1-3-5-16)21(13-22)14-26-24-19-9-17-8-18(11-19)12-20(24)10-17/h1-7,13,17-20,24,26H,8-12,14-15H2. The molecular weight excluding hydrogens is 354 g/mol. The topological polar surface area (TPSA) is 21.3 Å². The van der Waals surface area contributed by atoms with E-state index in [1.807, 2.05) is 18.2 Å².